The molecule has 0 atom stereocenters. The first-order chi connectivity index (χ1) is 8.50. The Morgan fingerprint density at radius 2 is 0.950 bits per heavy atom. The lowest BCUT2D eigenvalue weighted by atomic mass is 10.1. The number of terminal acetylenes is 1. The molecule has 116 valence electrons. The van der Waals surface area contributed by atoms with Gasteiger partial charge in [-0.25, -0.2) is 0 Å². The van der Waals surface area contributed by atoms with Gasteiger partial charge in [0.15, 0.2) is 0 Å². The Hall–Kier alpha value is -1.33. The van der Waals surface area contributed by atoms with E-state index in [4.69, 9.17) is 21.7 Å². The van der Waals surface area contributed by atoms with Crippen LogP contribution in [0.2, 0.25) is 0 Å². The van der Waals surface area contributed by atoms with Gasteiger partial charge in [-0.1, -0.05) is 17.8 Å². The van der Waals surface area contributed by atoms with E-state index in [1.807, 2.05) is 0 Å². The molecule has 0 aromatic carbocycles. The maximum absolute atomic E-state index is 9.44. The Labute approximate surface area is 123 Å². The molecule has 3 N–H and O–H groups in total. The van der Waals surface area contributed by atoms with Gasteiger partial charge in [-0.2, -0.15) is 0 Å². The highest BCUT2D eigenvalue weighted by atomic mass is 16.3. The standard InChI is InChI=1S/C8H14O2.C5H8O.C3H6O/c1-7(2,9)5-6-8(3,4)10;1-4-5(2,3)6;1-3(2)4/h9-10H,1-4H3;1,6H,2-3H3;1-2H3. The highest BCUT2D eigenvalue weighted by molar-refractivity contribution is 5.72. The lowest BCUT2D eigenvalue weighted by Crippen LogP contribution is -2.20. The topological polar surface area (TPSA) is 77.8 Å². The fourth-order valence-electron chi connectivity index (χ4n) is 0.306. The van der Waals surface area contributed by atoms with Crippen molar-refractivity contribution in [3.63, 3.8) is 0 Å². The van der Waals surface area contributed by atoms with Crippen LogP contribution in [0.3, 0.4) is 0 Å². The maximum atomic E-state index is 9.44. The smallest absolute Gasteiger partial charge is 0.126 e. The monoisotopic (exact) mass is 284 g/mol. The number of carbonyl (C=O) groups is 1. The summed E-state index contributed by atoms with van der Waals surface area (Å²) >= 11 is 0. The summed E-state index contributed by atoms with van der Waals surface area (Å²) in [7, 11) is 0. The van der Waals surface area contributed by atoms with Gasteiger partial charge in [0.05, 0.1) is 0 Å². The molecule has 0 saturated carbocycles. The molecule has 0 aromatic heterocycles. The van der Waals surface area contributed by atoms with Crippen LogP contribution in [0, 0.1) is 24.2 Å². The van der Waals surface area contributed by atoms with Gasteiger partial charge in [-0.3, -0.25) is 0 Å². The highest BCUT2D eigenvalue weighted by Gasteiger charge is 2.10. The average Bonchev–Trinajstić information content (AvgIpc) is 2.12. The summed E-state index contributed by atoms with van der Waals surface area (Å²) < 4.78 is 0. The van der Waals surface area contributed by atoms with E-state index in [9.17, 15) is 4.79 Å². The molecule has 0 aromatic rings. The number of aliphatic hydroxyl groups is 3. The van der Waals surface area contributed by atoms with E-state index < -0.39 is 16.8 Å². The van der Waals surface area contributed by atoms with Gasteiger partial charge in [0, 0.05) is 0 Å². The molecule has 20 heavy (non-hydrogen) atoms. The van der Waals surface area contributed by atoms with Crippen LogP contribution in [0.1, 0.15) is 55.4 Å². The van der Waals surface area contributed by atoms with Crippen molar-refractivity contribution in [2.75, 3.05) is 0 Å². The zero-order valence-corrected chi connectivity index (χ0v) is 13.8. The van der Waals surface area contributed by atoms with Gasteiger partial charge in [-0.05, 0) is 55.4 Å². The molecule has 0 bridgehead atoms. The van der Waals surface area contributed by atoms with Gasteiger partial charge in [0.2, 0.25) is 0 Å². The van der Waals surface area contributed by atoms with Crippen LogP contribution >= 0.6 is 0 Å². The van der Waals surface area contributed by atoms with Crippen LogP contribution in [0.5, 0.6) is 0 Å². The van der Waals surface area contributed by atoms with E-state index in [1.54, 1.807) is 41.5 Å². The first kappa shape index (κ1) is 23.7. The quantitative estimate of drug-likeness (QED) is 0.589. The second-order valence-electron chi connectivity index (χ2n) is 5.98. The molecule has 0 spiro atoms. The lowest BCUT2D eigenvalue weighted by Gasteiger charge is -2.10. The molecule has 0 aliphatic rings. The molecular weight excluding hydrogens is 256 g/mol. The minimum Gasteiger partial charge on any atom is -0.378 e. The first-order valence-electron chi connectivity index (χ1n) is 6.16. The van der Waals surface area contributed by atoms with Crippen molar-refractivity contribution in [3.8, 4) is 24.2 Å². The summed E-state index contributed by atoms with van der Waals surface area (Å²) in [6.07, 6.45) is 4.81. The van der Waals surface area contributed by atoms with Crippen molar-refractivity contribution in [2.45, 2.75) is 72.2 Å². The molecule has 4 nitrogen and oxygen atoms in total. The molecule has 0 aliphatic carbocycles. The highest BCUT2D eigenvalue weighted by Crippen LogP contribution is 2.01. The zero-order chi connectivity index (χ0) is 17.2. The Kier molecular flexibility index (Phi) is 11.3. The molecule has 0 fully saturated rings. The van der Waals surface area contributed by atoms with Crippen LogP contribution in [0.25, 0.3) is 0 Å². The van der Waals surface area contributed by atoms with Crippen LogP contribution in [0.4, 0.5) is 0 Å². The third-order valence-electron chi connectivity index (χ3n) is 1.03. The van der Waals surface area contributed by atoms with Gasteiger partial charge in [0.25, 0.3) is 0 Å². The molecule has 4 heteroatoms. The summed E-state index contributed by atoms with van der Waals surface area (Å²) in [4.78, 5) is 9.44. The normalized spacial score (nSPS) is 10.5. The summed E-state index contributed by atoms with van der Waals surface area (Å²) in [5.74, 6) is 7.36. The predicted molar refractivity (Wildman–Crippen MR) is 81.9 cm³/mol. The number of ketones is 1. The average molecular weight is 284 g/mol. The van der Waals surface area contributed by atoms with Crippen LogP contribution < -0.4 is 0 Å². The largest absolute Gasteiger partial charge is 0.378 e. The number of rotatable bonds is 0. The SMILES string of the molecule is C#CC(C)(C)O.CC(C)(O)C#CC(C)(C)O.CC(C)=O. The third kappa shape index (κ3) is 54.5. The Morgan fingerprint density at radius 1 is 0.800 bits per heavy atom. The number of hydrogen-bond acceptors (Lipinski definition) is 4. The van der Waals surface area contributed by atoms with E-state index in [2.05, 4.69) is 17.8 Å². The van der Waals surface area contributed by atoms with Crippen LogP contribution in [0.15, 0.2) is 0 Å². The zero-order valence-electron chi connectivity index (χ0n) is 13.8. The first-order valence-corrected chi connectivity index (χ1v) is 6.16. The summed E-state index contributed by atoms with van der Waals surface area (Å²) in [6.45, 7) is 12.5. The predicted octanol–water partition coefficient (Wildman–Crippen LogP) is 1.52. The second-order valence-corrected chi connectivity index (χ2v) is 5.98. The van der Waals surface area contributed by atoms with Crippen molar-refractivity contribution in [2.24, 2.45) is 0 Å². The molecule has 0 aliphatic heterocycles. The van der Waals surface area contributed by atoms with E-state index in [0.717, 1.165) is 0 Å². The summed E-state index contributed by atoms with van der Waals surface area (Å²) in [5, 5.41) is 26.8. The Morgan fingerprint density at radius 3 is 1.00 bits per heavy atom. The number of Topliss-reactive ketones (excluding diaryl/α,β-unsaturated/α-hetero) is 1. The molecule has 0 unspecified atom stereocenters. The Balaban J connectivity index is -0.000000246. The maximum Gasteiger partial charge on any atom is 0.126 e. The van der Waals surface area contributed by atoms with E-state index >= 15 is 0 Å². The fraction of sp³-hybridized carbons (Fsp3) is 0.688. The minimum atomic E-state index is -1.01. The van der Waals surface area contributed by atoms with Gasteiger partial charge in [0.1, 0.15) is 22.6 Å². The van der Waals surface area contributed by atoms with Gasteiger partial charge < -0.3 is 20.1 Å². The van der Waals surface area contributed by atoms with Crippen molar-refractivity contribution < 1.29 is 20.1 Å². The molecule has 0 amide bonds. The van der Waals surface area contributed by atoms with Crippen molar-refractivity contribution >= 4 is 5.78 Å². The van der Waals surface area contributed by atoms with Crippen molar-refractivity contribution in [3.05, 3.63) is 0 Å². The number of hydrogen-bond donors (Lipinski definition) is 3. The van der Waals surface area contributed by atoms with Crippen LogP contribution in [-0.2, 0) is 4.79 Å². The van der Waals surface area contributed by atoms with E-state index in [1.165, 1.54) is 13.8 Å². The van der Waals surface area contributed by atoms with E-state index in [-0.39, 0.29) is 5.78 Å². The van der Waals surface area contributed by atoms with E-state index in [0.29, 0.717) is 0 Å². The van der Waals surface area contributed by atoms with Crippen molar-refractivity contribution in [1.29, 1.82) is 0 Å². The van der Waals surface area contributed by atoms with Crippen molar-refractivity contribution in [1.82, 2.24) is 0 Å². The molecule has 0 rings (SSSR count). The van der Waals surface area contributed by atoms with Gasteiger partial charge in [-0.15, -0.1) is 6.42 Å². The molecular formula is C16H28O4. The second kappa shape index (κ2) is 9.55. The molecule has 0 radical (unpaired) electrons. The van der Waals surface area contributed by atoms with Gasteiger partial charge >= 0.3 is 0 Å². The summed E-state index contributed by atoms with van der Waals surface area (Å²) in [6, 6.07) is 0. The minimum absolute atomic E-state index is 0.167. The third-order valence-corrected chi connectivity index (χ3v) is 1.03. The molecule has 0 saturated heterocycles. The summed E-state index contributed by atoms with van der Waals surface area (Å²) in [5.41, 5.74) is -2.96. The lowest BCUT2D eigenvalue weighted by molar-refractivity contribution is -0.115. The molecule has 0 heterocycles. The van der Waals surface area contributed by atoms with Crippen LogP contribution in [-0.4, -0.2) is 37.9 Å². The number of carbonyl (C=O) groups excluding carboxylic acids is 1. The Bertz CT molecular complexity index is 348. The fourth-order valence-corrected chi connectivity index (χ4v) is 0.306.